The van der Waals surface area contributed by atoms with Crippen LogP contribution in [0.4, 0.5) is 0 Å². The SMILES string of the molecule is CC(C)c1ccc(C#N)cc1P. The predicted molar refractivity (Wildman–Crippen MR) is 54.6 cm³/mol. The number of nitriles is 1. The Kier molecular flexibility index (Phi) is 2.84. The molecule has 0 radical (unpaired) electrons. The maximum atomic E-state index is 8.63. The Bertz CT molecular complexity index is 323. The van der Waals surface area contributed by atoms with Crippen LogP contribution in [0.15, 0.2) is 18.2 Å². The van der Waals surface area contributed by atoms with E-state index in [0.717, 1.165) is 10.9 Å². The minimum atomic E-state index is 0.519. The van der Waals surface area contributed by atoms with Crippen LogP contribution in [0, 0.1) is 11.3 Å². The van der Waals surface area contributed by atoms with Crippen molar-refractivity contribution in [3.05, 3.63) is 29.3 Å². The maximum Gasteiger partial charge on any atom is 0.0991 e. The minimum Gasteiger partial charge on any atom is -0.192 e. The quantitative estimate of drug-likeness (QED) is 0.603. The highest BCUT2D eigenvalue weighted by Gasteiger charge is 2.03. The molecule has 1 aromatic carbocycles. The van der Waals surface area contributed by atoms with Crippen molar-refractivity contribution in [2.24, 2.45) is 0 Å². The summed E-state index contributed by atoms with van der Waals surface area (Å²) in [5.74, 6) is 0.519. The Hall–Kier alpha value is -0.860. The maximum absolute atomic E-state index is 8.63. The third kappa shape index (κ3) is 1.84. The molecule has 0 saturated heterocycles. The van der Waals surface area contributed by atoms with E-state index in [9.17, 15) is 0 Å². The number of nitrogens with zero attached hydrogens (tertiary/aromatic N) is 1. The largest absolute Gasteiger partial charge is 0.192 e. The van der Waals surface area contributed by atoms with Crippen LogP contribution in [-0.4, -0.2) is 0 Å². The molecule has 0 fully saturated rings. The van der Waals surface area contributed by atoms with Crippen molar-refractivity contribution in [1.29, 1.82) is 5.26 Å². The van der Waals surface area contributed by atoms with Gasteiger partial charge in [0.1, 0.15) is 0 Å². The topological polar surface area (TPSA) is 23.8 Å². The second kappa shape index (κ2) is 3.70. The molecular weight excluding hydrogens is 165 g/mol. The van der Waals surface area contributed by atoms with Gasteiger partial charge in [-0.3, -0.25) is 0 Å². The van der Waals surface area contributed by atoms with E-state index in [-0.39, 0.29) is 0 Å². The van der Waals surface area contributed by atoms with E-state index < -0.39 is 0 Å². The van der Waals surface area contributed by atoms with E-state index in [1.165, 1.54) is 5.56 Å². The van der Waals surface area contributed by atoms with Crippen molar-refractivity contribution in [2.75, 3.05) is 0 Å². The van der Waals surface area contributed by atoms with E-state index in [2.05, 4.69) is 29.2 Å². The van der Waals surface area contributed by atoms with Crippen molar-refractivity contribution >= 4 is 14.5 Å². The van der Waals surface area contributed by atoms with Gasteiger partial charge in [-0.2, -0.15) is 5.26 Å². The van der Waals surface area contributed by atoms with Crippen LogP contribution in [0.25, 0.3) is 0 Å². The predicted octanol–water partition coefficient (Wildman–Crippen LogP) is 2.18. The molecule has 0 aliphatic heterocycles. The van der Waals surface area contributed by atoms with E-state index in [1.807, 2.05) is 18.2 Å². The lowest BCUT2D eigenvalue weighted by atomic mass is 10.0. The number of benzene rings is 1. The van der Waals surface area contributed by atoms with Gasteiger partial charge in [0, 0.05) is 0 Å². The summed E-state index contributed by atoms with van der Waals surface area (Å²) in [4.78, 5) is 0. The van der Waals surface area contributed by atoms with Gasteiger partial charge in [0.25, 0.3) is 0 Å². The Morgan fingerprint density at radius 2 is 2.08 bits per heavy atom. The number of hydrogen-bond acceptors (Lipinski definition) is 1. The van der Waals surface area contributed by atoms with Gasteiger partial charge in [-0.1, -0.05) is 19.9 Å². The number of rotatable bonds is 1. The zero-order valence-electron chi connectivity index (χ0n) is 7.33. The summed E-state index contributed by atoms with van der Waals surface area (Å²) in [5.41, 5.74) is 2.02. The molecule has 0 heterocycles. The van der Waals surface area contributed by atoms with Crippen LogP contribution < -0.4 is 5.30 Å². The fourth-order valence-corrected chi connectivity index (χ4v) is 1.78. The molecule has 0 saturated carbocycles. The lowest BCUT2D eigenvalue weighted by Gasteiger charge is -2.08. The normalized spacial score (nSPS) is 9.92. The smallest absolute Gasteiger partial charge is 0.0991 e. The molecule has 0 N–H and O–H groups in total. The van der Waals surface area contributed by atoms with Gasteiger partial charge in [0.05, 0.1) is 11.6 Å². The summed E-state index contributed by atoms with van der Waals surface area (Å²) >= 11 is 0. The molecule has 1 atom stereocenters. The summed E-state index contributed by atoms with van der Waals surface area (Å²) in [6.07, 6.45) is 0. The van der Waals surface area contributed by atoms with Gasteiger partial charge in [0.15, 0.2) is 0 Å². The zero-order valence-corrected chi connectivity index (χ0v) is 8.49. The molecule has 1 nitrogen and oxygen atoms in total. The molecule has 0 spiro atoms. The lowest BCUT2D eigenvalue weighted by Crippen LogP contribution is -2.03. The highest BCUT2D eigenvalue weighted by Crippen LogP contribution is 2.14. The average Bonchev–Trinajstić information content (AvgIpc) is 2.03. The van der Waals surface area contributed by atoms with E-state index in [4.69, 9.17) is 5.26 Å². The van der Waals surface area contributed by atoms with Crippen molar-refractivity contribution in [3.8, 4) is 6.07 Å². The molecule has 0 aliphatic carbocycles. The van der Waals surface area contributed by atoms with Crippen LogP contribution in [0.5, 0.6) is 0 Å². The highest BCUT2D eigenvalue weighted by atomic mass is 31.0. The Morgan fingerprint density at radius 3 is 2.50 bits per heavy atom. The minimum absolute atomic E-state index is 0.519. The molecule has 0 amide bonds. The third-order valence-corrected chi connectivity index (χ3v) is 2.34. The molecular formula is C10H12NP. The summed E-state index contributed by atoms with van der Waals surface area (Å²) in [5, 5.41) is 9.76. The molecule has 1 unspecified atom stereocenters. The van der Waals surface area contributed by atoms with Crippen molar-refractivity contribution in [1.82, 2.24) is 0 Å². The summed E-state index contributed by atoms with van der Waals surface area (Å²) < 4.78 is 0. The third-order valence-electron chi connectivity index (χ3n) is 1.84. The first kappa shape index (κ1) is 9.23. The fraction of sp³-hybridized carbons (Fsp3) is 0.300. The summed E-state index contributed by atoms with van der Waals surface area (Å²) in [6, 6.07) is 7.91. The van der Waals surface area contributed by atoms with Crippen LogP contribution in [0.3, 0.4) is 0 Å². The zero-order chi connectivity index (χ0) is 9.14. The summed E-state index contributed by atoms with van der Waals surface area (Å²) in [7, 11) is 2.67. The average molecular weight is 177 g/mol. The second-order valence-corrected chi connectivity index (χ2v) is 3.73. The summed E-state index contributed by atoms with van der Waals surface area (Å²) in [6.45, 7) is 4.30. The van der Waals surface area contributed by atoms with Gasteiger partial charge in [-0.25, -0.2) is 0 Å². The molecule has 2 heteroatoms. The molecule has 0 bridgehead atoms. The first-order valence-corrected chi connectivity index (χ1v) is 4.52. The van der Waals surface area contributed by atoms with Gasteiger partial charge in [0.2, 0.25) is 0 Å². The van der Waals surface area contributed by atoms with E-state index in [1.54, 1.807) is 0 Å². The first-order valence-electron chi connectivity index (χ1n) is 3.94. The van der Waals surface area contributed by atoms with Crippen LogP contribution in [0.2, 0.25) is 0 Å². The van der Waals surface area contributed by atoms with Crippen LogP contribution in [0.1, 0.15) is 30.9 Å². The fourth-order valence-electron chi connectivity index (χ4n) is 1.17. The lowest BCUT2D eigenvalue weighted by molar-refractivity contribution is 0.874. The Balaban J connectivity index is 3.14. The van der Waals surface area contributed by atoms with Crippen LogP contribution in [-0.2, 0) is 0 Å². The molecule has 0 aromatic heterocycles. The standard InChI is InChI=1S/C10H12NP/c1-7(2)9-4-3-8(6-11)5-10(9)12/h3-5,7H,12H2,1-2H3. The van der Waals surface area contributed by atoms with Crippen molar-refractivity contribution in [3.63, 3.8) is 0 Å². The van der Waals surface area contributed by atoms with Crippen molar-refractivity contribution < 1.29 is 0 Å². The molecule has 62 valence electrons. The van der Waals surface area contributed by atoms with Gasteiger partial charge >= 0.3 is 0 Å². The second-order valence-electron chi connectivity index (χ2n) is 3.11. The first-order chi connectivity index (χ1) is 5.65. The molecule has 1 aromatic rings. The van der Waals surface area contributed by atoms with Gasteiger partial charge < -0.3 is 0 Å². The molecule has 12 heavy (non-hydrogen) atoms. The van der Waals surface area contributed by atoms with Gasteiger partial charge in [-0.15, -0.1) is 9.24 Å². The van der Waals surface area contributed by atoms with Crippen molar-refractivity contribution in [2.45, 2.75) is 19.8 Å². The van der Waals surface area contributed by atoms with Crippen LogP contribution >= 0.6 is 9.24 Å². The Labute approximate surface area is 75.6 Å². The number of hydrogen-bond donors (Lipinski definition) is 0. The Morgan fingerprint density at radius 1 is 1.42 bits per heavy atom. The molecule has 1 rings (SSSR count). The molecule has 0 aliphatic rings. The highest BCUT2D eigenvalue weighted by molar-refractivity contribution is 7.27. The van der Waals surface area contributed by atoms with E-state index in [0.29, 0.717) is 5.92 Å². The van der Waals surface area contributed by atoms with E-state index >= 15 is 0 Å². The van der Waals surface area contributed by atoms with Gasteiger partial charge in [-0.05, 0) is 28.9 Å². The monoisotopic (exact) mass is 177 g/mol.